The Morgan fingerprint density at radius 2 is 1.16 bits per heavy atom. The molecule has 0 unspecified atom stereocenters. The van der Waals surface area contributed by atoms with E-state index in [1.807, 2.05) is 36.4 Å². The maximum absolute atomic E-state index is 9.81. The van der Waals surface area contributed by atoms with E-state index in [4.69, 9.17) is 9.47 Å². The summed E-state index contributed by atoms with van der Waals surface area (Å²) in [5.41, 5.74) is 3.71. The third-order valence-electron chi connectivity index (χ3n) is 5.86. The van der Waals surface area contributed by atoms with E-state index in [9.17, 15) is 5.11 Å². The van der Waals surface area contributed by atoms with Crippen molar-refractivity contribution in [2.75, 3.05) is 27.3 Å². The van der Waals surface area contributed by atoms with Crippen molar-refractivity contribution in [1.29, 1.82) is 0 Å². The molecule has 1 fully saturated rings. The van der Waals surface area contributed by atoms with Crippen molar-refractivity contribution >= 4 is 0 Å². The molecule has 1 N–H and O–H groups in total. The molecule has 5 heteroatoms. The second-order valence-electron chi connectivity index (χ2n) is 7.96. The number of phenols is 1. The lowest BCUT2D eigenvalue weighted by molar-refractivity contribution is -0.00912. The van der Waals surface area contributed by atoms with E-state index in [2.05, 4.69) is 34.1 Å². The van der Waals surface area contributed by atoms with Crippen LogP contribution in [-0.2, 0) is 13.1 Å². The first-order valence-electron chi connectivity index (χ1n) is 10.7. The molecule has 0 aliphatic carbocycles. The Kier molecular flexibility index (Phi) is 6.75. The van der Waals surface area contributed by atoms with Crippen molar-refractivity contribution in [2.45, 2.75) is 25.7 Å². The Hall–Kier alpha value is -3.02. The Balaban J connectivity index is 1.59. The van der Waals surface area contributed by atoms with Crippen LogP contribution in [-0.4, -0.2) is 42.2 Å². The zero-order valence-electron chi connectivity index (χ0n) is 18.2. The summed E-state index contributed by atoms with van der Waals surface area (Å²) in [5.74, 6) is 2.04. The topological polar surface area (TPSA) is 45.2 Å². The van der Waals surface area contributed by atoms with Gasteiger partial charge in [-0.2, -0.15) is 0 Å². The van der Waals surface area contributed by atoms with Crippen LogP contribution in [0.2, 0.25) is 0 Å². The lowest BCUT2D eigenvalue weighted by Gasteiger charge is -2.44. The van der Waals surface area contributed by atoms with Gasteiger partial charge in [0.05, 0.1) is 20.4 Å². The van der Waals surface area contributed by atoms with Gasteiger partial charge >= 0.3 is 0 Å². The van der Waals surface area contributed by atoms with Crippen LogP contribution in [0.4, 0.5) is 0 Å². The summed E-state index contributed by atoms with van der Waals surface area (Å²) in [7, 11) is 3.38. The fourth-order valence-corrected chi connectivity index (χ4v) is 4.28. The van der Waals surface area contributed by atoms with E-state index in [0.717, 1.165) is 44.1 Å². The van der Waals surface area contributed by atoms with Crippen LogP contribution in [0.25, 0.3) is 0 Å². The zero-order chi connectivity index (χ0) is 21.6. The van der Waals surface area contributed by atoms with Crippen LogP contribution >= 0.6 is 0 Å². The number of hydrogen-bond donors (Lipinski definition) is 1. The third-order valence-corrected chi connectivity index (χ3v) is 5.86. The third kappa shape index (κ3) is 5.19. The van der Waals surface area contributed by atoms with E-state index < -0.39 is 0 Å². The van der Waals surface area contributed by atoms with Gasteiger partial charge in [0.25, 0.3) is 0 Å². The Labute approximate surface area is 184 Å². The number of aromatic hydroxyl groups is 1. The molecule has 1 aliphatic rings. The summed E-state index contributed by atoms with van der Waals surface area (Å²) >= 11 is 0. The van der Waals surface area contributed by atoms with Crippen LogP contribution in [0.1, 0.15) is 29.3 Å². The minimum atomic E-state index is 0.138. The van der Waals surface area contributed by atoms with Gasteiger partial charge in [-0.3, -0.25) is 9.80 Å². The number of ether oxygens (including phenoxy) is 2. The predicted molar refractivity (Wildman–Crippen MR) is 122 cm³/mol. The molecule has 3 aromatic carbocycles. The predicted octanol–water partition coefficient (Wildman–Crippen LogP) is 4.82. The van der Waals surface area contributed by atoms with Gasteiger partial charge in [0.1, 0.15) is 17.2 Å². The smallest absolute Gasteiger partial charge is 0.118 e. The highest BCUT2D eigenvalue weighted by atomic mass is 16.5. The lowest BCUT2D eigenvalue weighted by Crippen LogP contribution is -2.46. The first-order chi connectivity index (χ1) is 15.2. The first-order valence-corrected chi connectivity index (χ1v) is 10.7. The molecule has 4 rings (SSSR count). The number of nitrogens with zero attached hydrogens (tertiary/aromatic N) is 2. The summed E-state index contributed by atoms with van der Waals surface area (Å²) in [4.78, 5) is 5.03. The number of hydrogen-bond acceptors (Lipinski definition) is 5. The molecule has 5 nitrogen and oxygen atoms in total. The summed E-state index contributed by atoms with van der Waals surface area (Å²) in [5, 5.41) is 9.81. The largest absolute Gasteiger partial charge is 0.508 e. The monoisotopic (exact) mass is 418 g/mol. The molecule has 1 aliphatic heterocycles. The normalized spacial score (nSPS) is 15.7. The molecule has 0 radical (unpaired) electrons. The van der Waals surface area contributed by atoms with Gasteiger partial charge in [0, 0.05) is 26.2 Å². The molecule has 162 valence electrons. The quantitative estimate of drug-likeness (QED) is 0.596. The van der Waals surface area contributed by atoms with Crippen molar-refractivity contribution < 1.29 is 14.6 Å². The summed E-state index contributed by atoms with van der Waals surface area (Å²) in [6, 6.07) is 24.2. The van der Waals surface area contributed by atoms with Crippen molar-refractivity contribution in [2.24, 2.45) is 0 Å². The molecule has 0 aromatic heterocycles. The van der Waals surface area contributed by atoms with Gasteiger partial charge < -0.3 is 14.6 Å². The molecule has 0 amide bonds. The molecular formula is C26H30N2O3. The highest BCUT2D eigenvalue weighted by molar-refractivity contribution is 5.31. The van der Waals surface area contributed by atoms with Gasteiger partial charge in [0.2, 0.25) is 0 Å². The van der Waals surface area contributed by atoms with E-state index in [0.29, 0.717) is 5.75 Å². The fourth-order valence-electron chi connectivity index (χ4n) is 4.28. The van der Waals surface area contributed by atoms with Gasteiger partial charge in [-0.05, 0) is 59.5 Å². The number of phenolic OH excluding ortho intramolecular Hbond substituents is 1. The zero-order valence-corrected chi connectivity index (χ0v) is 18.2. The second-order valence-corrected chi connectivity index (χ2v) is 7.96. The van der Waals surface area contributed by atoms with Gasteiger partial charge in [0.15, 0.2) is 0 Å². The van der Waals surface area contributed by atoms with E-state index >= 15 is 0 Å². The van der Waals surface area contributed by atoms with Crippen molar-refractivity contribution in [3.8, 4) is 17.2 Å². The van der Waals surface area contributed by atoms with E-state index in [-0.39, 0.29) is 6.17 Å². The van der Waals surface area contributed by atoms with Crippen molar-refractivity contribution in [1.82, 2.24) is 9.80 Å². The fraction of sp³-hybridized carbons (Fsp3) is 0.308. The van der Waals surface area contributed by atoms with Crippen molar-refractivity contribution in [3.05, 3.63) is 89.5 Å². The Morgan fingerprint density at radius 3 is 1.58 bits per heavy atom. The van der Waals surface area contributed by atoms with E-state index in [1.165, 1.54) is 16.7 Å². The maximum atomic E-state index is 9.81. The van der Waals surface area contributed by atoms with E-state index in [1.54, 1.807) is 26.4 Å². The second kappa shape index (κ2) is 9.86. The minimum absolute atomic E-state index is 0.138. The van der Waals surface area contributed by atoms with Crippen LogP contribution in [0.3, 0.4) is 0 Å². The molecule has 1 heterocycles. The maximum Gasteiger partial charge on any atom is 0.118 e. The molecule has 0 atom stereocenters. The van der Waals surface area contributed by atoms with Gasteiger partial charge in [-0.15, -0.1) is 0 Å². The van der Waals surface area contributed by atoms with Crippen LogP contribution in [0.5, 0.6) is 17.2 Å². The van der Waals surface area contributed by atoms with Crippen LogP contribution in [0, 0.1) is 0 Å². The molecule has 1 saturated heterocycles. The van der Waals surface area contributed by atoms with Gasteiger partial charge in [-0.25, -0.2) is 0 Å². The lowest BCUT2D eigenvalue weighted by atomic mass is 10.0. The van der Waals surface area contributed by atoms with Crippen LogP contribution in [0.15, 0.2) is 72.8 Å². The number of methoxy groups -OCH3 is 2. The number of benzene rings is 3. The average molecular weight is 419 g/mol. The molecular weight excluding hydrogens is 388 g/mol. The summed E-state index contributed by atoms with van der Waals surface area (Å²) in [6.07, 6.45) is 1.25. The molecule has 31 heavy (non-hydrogen) atoms. The van der Waals surface area contributed by atoms with Crippen LogP contribution < -0.4 is 9.47 Å². The Morgan fingerprint density at radius 1 is 0.710 bits per heavy atom. The standard InChI is InChI=1S/C26H30N2O3/c1-30-24-12-4-20(5-13-24)18-27-16-3-17-28(19-21-6-14-25(31-2)15-7-21)26(27)22-8-10-23(29)11-9-22/h4-15,26,29H,3,16-19H2,1-2H3. The first kappa shape index (κ1) is 21.2. The number of rotatable bonds is 7. The Bertz CT molecular complexity index is 898. The van der Waals surface area contributed by atoms with Crippen molar-refractivity contribution in [3.63, 3.8) is 0 Å². The molecule has 0 spiro atoms. The summed E-state index contributed by atoms with van der Waals surface area (Å²) in [6.45, 7) is 3.76. The minimum Gasteiger partial charge on any atom is -0.508 e. The van der Waals surface area contributed by atoms with Gasteiger partial charge in [-0.1, -0.05) is 36.4 Å². The molecule has 0 saturated carbocycles. The SMILES string of the molecule is COc1ccc(CN2CCCN(Cc3ccc(OC)cc3)C2c2ccc(O)cc2)cc1. The highest BCUT2D eigenvalue weighted by Crippen LogP contribution is 2.33. The average Bonchev–Trinajstić information content (AvgIpc) is 2.81. The molecule has 3 aromatic rings. The highest BCUT2D eigenvalue weighted by Gasteiger charge is 2.30. The molecule has 0 bridgehead atoms. The summed E-state index contributed by atoms with van der Waals surface area (Å²) < 4.78 is 10.6.